The first-order chi connectivity index (χ1) is 16.7. The van der Waals surface area contributed by atoms with Crippen molar-refractivity contribution >= 4 is 0 Å². The topological polar surface area (TPSA) is 49.7 Å². The lowest BCUT2D eigenvalue weighted by Gasteiger charge is -2.37. The van der Waals surface area contributed by atoms with Crippen molar-refractivity contribution in [2.75, 3.05) is 13.2 Å². The first-order valence-corrected chi connectivity index (χ1v) is 14.7. The second-order valence-electron chi connectivity index (χ2n) is 12.5. The molecule has 3 nitrogen and oxygen atoms in total. The molecular formula is C32H56O3. The van der Waals surface area contributed by atoms with E-state index in [1.807, 2.05) is 0 Å². The summed E-state index contributed by atoms with van der Waals surface area (Å²) in [5, 5.41) is 19.0. The van der Waals surface area contributed by atoms with Crippen molar-refractivity contribution < 1.29 is 14.9 Å². The average molecular weight is 489 g/mol. The SMILES string of the molecule is Cc1cc([C@H](CO)CCCO)cc2c1O[C@](C)(CCC[C@H](C)CCC[C@H](C)CCCC(C)C)CC2. The summed E-state index contributed by atoms with van der Waals surface area (Å²) in [5.41, 5.74) is 3.59. The van der Waals surface area contributed by atoms with Gasteiger partial charge in [0.25, 0.3) is 0 Å². The van der Waals surface area contributed by atoms with Gasteiger partial charge in [0, 0.05) is 19.1 Å². The van der Waals surface area contributed by atoms with Crippen molar-refractivity contribution in [1.29, 1.82) is 0 Å². The lowest BCUT2D eigenvalue weighted by atomic mass is 9.84. The minimum atomic E-state index is -0.0722. The summed E-state index contributed by atoms with van der Waals surface area (Å²) in [6.07, 6.45) is 15.6. The van der Waals surface area contributed by atoms with Gasteiger partial charge in [-0.15, -0.1) is 0 Å². The highest BCUT2D eigenvalue weighted by Crippen LogP contribution is 2.40. The van der Waals surface area contributed by atoms with Gasteiger partial charge in [0.15, 0.2) is 0 Å². The highest BCUT2D eigenvalue weighted by atomic mass is 16.5. The monoisotopic (exact) mass is 488 g/mol. The lowest BCUT2D eigenvalue weighted by Crippen LogP contribution is -2.36. The van der Waals surface area contributed by atoms with Gasteiger partial charge >= 0.3 is 0 Å². The maximum Gasteiger partial charge on any atom is 0.126 e. The number of hydrogen-bond donors (Lipinski definition) is 2. The highest BCUT2D eigenvalue weighted by molar-refractivity contribution is 5.47. The molecule has 202 valence electrons. The van der Waals surface area contributed by atoms with E-state index in [1.165, 1.54) is 68.1 Å². The summed E-state index contributed by atoms with van der Waals surface area (Å²) < 4.78 is 6.65. The largest absolute Gasteiger partial charge is 0.487 e. The third kappa shape index (κ3) is 10.4. The van der Waals surface area contributed by atoms with Gasteiger partial charge in [-0.3, -0.25) is 0 Å². The maximum atomic E-state index is 9.85. The summed E-state index contributed by atoms with van der Waals surface area (Å²) in [6, 6.07) is 4.43. The van der Waals surface area contributed by atoms with Crippen molar-refractivity contribution in [2.45, 2.75) is 137 Å². The van der Waals surface area contributed by atoms with Crippen LogP contribution in [-0.2, 0) is 6.42 Å². The molecule has 0 radical (unpaired) electrons. The Hall–Kier alpha value is -1.06. The second-order valence-corrected chi connectivity index (χ2v) is 12.5. The summed E-state index contributed by atoms with van der Waals surface area (Å²) in [7, 11) is 0. The van der Waals surface area contributed by atoms with Crippen LogP contribution in [0.5, 0.6) is 5.75 Å². The molecule has 0 bridgehead atoms. The van der Waals surface area contributed by atoms with Gasteiger partial charge in [0.05, 0.1) is 0 Å². The van der Waals surface area contributed by atoms with Crippen LogP contribution in [0.2, 0.25) is 0 Å². The Bertz CT molecular complexity index is 728. The fourth-order valence-electron chi connectivity index (χ4n) is 5.82. The van der Waals surface area contributed by atoms with Crippen LogP contribution in [0.25, 0.3) is 0 Å². The number of hydrogen-bond acceptors (Lipinski definition) is 3. The molecular weight excluding hydrogens is 432 g/mol. The molecule has 0 unspecified atom stereocenters. The molecule has 1 aromatic rings. The molecule has 0 spiro atoms. The zero-order valence-corrected chi connectivity index (χ0v) is 23.9. The number of fused-ring (bicyclic) bond motifs is 1. The van der Waals surface area contributed by atoms with Gasteiger partial charge in [-0.1, -0.05) is 84.8 Å². The molecule has 0 saturated heterocycles. The molecule has 1 aromatic carbocycles. The summed E-state index contributed by atoms with van der Waals surface area (Å²) in [5.74, 6) is 3.69. The Morgan fingerprint density at radius 1 is 0.857 bits per heavy atom. The standard InChI is InChI=1S/C32H56O3/c1-24(2)11-7-12-25(3)13-8-14-26(4)15-9-18-32(6)19-17-28-22-30(21-27(5)31(28)35-32)29(23-34)16-10-20-33/h21-22,24-26,29,33-34H,7-20,23H2,1-6H3/t25-,26-,29+,32-/m1/s1. The Kier molecular flexibility index (Phi) is 13.1. The van der Waals surface area contributed by atoms with Crippen molar-refractivity contribution in [2.24, 2.45) is 17.8 Å². The Labute approximate surface area is 217 Å². The normalized spacial score (nSPS) is 20.4. The number of benzene rings is 1. The summed E-state index contributed by atoms with van der Waals surface area (Å²) in [6.45, 7) is 14.3. The van der Waals surface area contributed by atoms with Gasteiger partial charge in [-0.05, 0) is 86.8 Å². The summed E-state index contributed by atoms with van der Waals surface area (Å²) >= 11 is 0. The number of rotatable bonds is 17. The van der Waals surface area contributed by atoms with E-state index in [0.717, 1.165) is 55.6 Å². The van der Waals surface area contributed by atoms with E-state index in [9.17, 15) is 10.2 Å². The third-order valence-electron chi connectivity index (χ3n) is 8.32. The van der Waals surface area contributed by atoms with Crippen LogP contribution in [0, 0.1) is 24.7 Å². The number of aryl methyl sites for hydroxylation is 2. The van der Waals surface area contributed by atoms with Crippen LogP contribution in [0.3, 0.4) is 0 Å². The predicted octanol–water partition coefficient (Wildman–Crippen LogP) is 8.37. The molecule has 1 aliphatic rings. The van der Waals surface area contributed by atoms with E-state index >= 15 is 0 Å². The third-order valence-corrected chi connectivity index (χ3v) is 8.32. The van der Waals surface area contributed by atoms with Crippen molar-refractivity contribution in [3.63, 3.8) is 0 Å². The van der Waals surface area contributed by atoms with Crippen molar-refractivity contribution in [1.82, 2.24) is 0 Å². The van der Waals surface area contributed by atoms with Crippen LogP contribution >= 0.6 is 0 Å². The van der Waals surface area contributed by atoms with Gasteiger partial charge in [0.2, 0.25) is 0 Å². The van der Waals surface area contributed by atoms with Gasteiger partial charge in [-0.25, -0.2) is 0 Å². The molecule has 0 aliphatic carbocycles. The molecule has 0 aromatic heterocycles. The molecule has 3 heteroatoms. The average Bonchev–Trinajstić information content (AvgIpc) is 2.80. The van der Waals surface area contributed by atoms with Crippen molar-refractivity contribution in [3.05, 3.63) is 28.8 Å². The van der Waals surface area contributed by atoms with E-state index in [2.05, 4.69) is 53.7 Å². The van der Waals surface area contributed by atoms with Crippen LogP contribution in [0.1, 0.15) is 134 Å². The quantitative estimate of drug-likeness (QED) is 0.231. The second kappa shape index (κ2) is 15.3. The first kappa shape index (κ1) is 30.2. The number of aliphatic hydroxyl groups excluding tert-OH is 2. The van der Waals surface area contributed by atoms with Crippen LogP contribution in [-0.4, -0.2) is 29.0 Å². The van der Waals surface area contributed by atoms with Gasteiger partial charge in [0.1, 0.15) is 11.4 Å². The minimum Gasteiger partial charge on any atom is -0.487 e. The lowest BCUT2D eigenvalue weighted by molar-refractivity contribution is 0.0515. The fourth-order valence-corrected chi connectivity index (χ4v) is 5.82. The Morgan fingerprint density at radius 2 is 1.49 bits per heavy atom. The minimum absolute atomic E-state index is 0.0722. The fraction of sp³-hybridized carbons (Fsp3) is 0.812. The summed E-state index contributed by atoms with van der Waals surface area (Å²) in [4.78, 5) is 0. The zero-order chi connectivity index (χ0) is 25.8. The van der Waals surface area contributed by atoms with Gasteiger partial charge < -0.3 is 14.9 Å². The number of aliphatic hydroxyl groups is 2. The molecule has 2 N–H and O–H groups in total. The molecule has 0 amide bonds. The molecule has 1 aliphatic heterocycles. The first-order valence-electron chi connectivity index (χ1n) is 14.7. The predicted molar refractivity (Wildman–Crippen MR) is 149 cm³/mol. The molecule has 2 rings (SSSR count). The molecule has 35 heavy (non-hydrogen) atoms. The Morgan fingerprint density at radius 3 is 2.09 bits per heavy atom. The van der Waals surface area contributed by atoms with E-state index in [0.29, 0.717) is 0 Å². The van der Waals surface area contributed by atoms with Crippen LogP contribution < -0.4 is 4.74 Å². The van der Waals surface area contributed by atoms with Crippen molar-refractivity contribution in [3.8, 4) is 5.75 Å². The maximum absolute atomic E-state index is 9.85. The smallest absolute Gasteiger partial charge is 0.126 e. The highest BCUT2D eigenvalue weighted by Gasteiger charge is 2.32. The van der Waals surface area contributed by atoms with E-state index in [4.69, 9.17) is 4.74 Å². The molecule has 0 fully saturated rings. The van der Waals surface area contributed by atoms with Crippen LogP contribution in [0.15, 0.2) is 12.1 Å². The zero-order valence-electron chi connectivity index (χ0n) is 23.9. The van der Waals surface area contributed by atoms with Crippen LogP contribution in [0.4, 0.5) is 0 Å². The molecule has 0 saturated carbocycles. The molecule has 1 heterocycles. The van der Waals surface area contributed by atoms with E-state index in [-0.39, 0.29) is 24.7 Å². The molecule has 4 atom stereocenters. The Balaban J connectivity index is 1.77. The van der Waals surface area contributed by atoms with Gasteiger partial charge in [-0.2, -0.15) is 0 Å². The van der Waals surface area contributed by atoms with E-state index < -0.39 is 0 Å². The van der Waals surface area contributed by atoms with E-state index in [1.54, 1.807) is 0 Å². The number of ether oxygens (including phenoxy) is 1.